The molecule has 0 unspecified atom stereocenters. The van der Waals surface area contributed by atoms with E-state index in [1.807, 2.05) is 4.90 Å². The van der Waals surface area contributed by atoms with Crippen molar-refractivity contribution in [1.29, 1.82) is 0 Å². The van der Waals surface area contributed by atoms with Crippen LogP contribution in [0.3, 0.4) is 0 Å². The summed E-state index contributed by atoms with van der Waals surface area (Å²) in [6.45, 7) is 1.60. The predicted molar refractivity (Wildman–Crippen MR) is 94.7 cm³/mol. The van der Waals surface area contributed by atoms with Crippen LogP contribution in [0.5, 0.6) is 6.01 Å². The number of rotatable bonds is 7. The maximum absolute atomic E-state index is 13.4. The first kappa shape index (κ1) is 17.9. The minimum absolute atomic E-state index is 0.0191. The van der Waals surface area contributed by atoms with Crippen LogP contribution in [-0.4, -0.2) is 29.7 Å². The molecule has 1 aliphatic rings. The summed E-state index contributed by atoms with van der Waals surface area (Å²) in [4.78, 5) is 9.74. The SMILES string of the molecule is N/C(=C\N(N)c1ccc(N2CCC2)c(C(F)F)c1)COc1ncccn1. The first-order valence-electron chi connectivity index (χ1n) is 8.11. The van der Waals surface area contributed by atoms with Gasteiger partial charge in [0.25, 0.3) is 6.43 Å². The second kappa shape index (κ2) is 7.96. The summed E-state index contributed by atoms with van der Waals surface area (Å²) in [5, 5.41) is 1.19. The van der Waals surface area contributed by atoms with Crippen molar-refractivity contribution in [1.82, 2.24) is 9.97 Å². The Hall–Kier alpha value is -2.94. The third-order valence-corrected chi connectivity index (χ3v) is 3.96. The van der Waals surface area contributed by atoms with E-state index >= 15 is 0 Å². The number of alkyl halides is 2. The van der Waals surface area contributed by atoms with E-state index in [-0.39, 0.29) is 18.2 Å². The summed E-state index contributed by atoms with van der Waals surface area (Å²) < 4.78 is 32.1. The minimum atomic E-state index is -2.58. The molecule has 1 aliphatic heterocycles. The Morgan fingerprint density at radius 1 is 1.31 bits per heavy atom. The van der Waals surface area contributed by atoms with Gasteiger partial charge in [0.15, 0.2) is 0 Å². The molecule has 0 amide bonds. The van der Waals surface area contributed by atoms with Gasteiger partial charge < -0.3 is 15.4 Å². The number of nitrogens with two attached hydrogens (primary N) is 2. The van der Waals surface area contributed by atoms with Crippen LogP contribution in [0.4, 0.5) is 20.2 Å². The number of aromatic nitrogens is 2. The normalized spacial score (nSPS) is 14.3. The number of nitrogens with zero attached hydrogens (tertiary/aromatic N) is 4. The zero-order valence-corrected chi connectivity index (χ0v) is 14.1. The van der Waals surface area contributed by atoms with Crippen LogP contribution in [0.25, 0.3) is 0 Å². The highest BCUT2D eigenvalue weighted by atomic mass is 19.3. The average molecular weight is 362 g/mol. The van der Waals surface area contributed by atoms with Gasteiger partial charge in [-0.05, 0) is 30.7 Å². The highest BCUT2D eigenvalue weighted by molar-refractivity contribution is 5.63. The third kappa shape index (κ3) is 4.17. The molecule has 0 aliphatic carbocycles. The third-order valence-electron chi connectivity index (χ3n) is 3.96. The van der Waals surface area contributed by atoms with Crippen LogP contribution < -0.4 is 26.2 Å². The quantitative estimate of drug-likeness (QED) is 0.576. The van der Waals surface area contributed by atoms with E-state index in [1.165, 1.54) is 17.3 Å². The minimum Gasteiger partial charge on any atom is -0.457 e. The van der Waals surface area contributed by atoms with Crippen molar-refractivity contribution >= 4 is 11.4 Å². The molecule has 3 rings (SSSR count). The smallest absolute Gasteiger partial charge is 0.316 e. The number of hydrogen-bond donors (Lipinski definition) is 2. The fourth-order valence-electron chi connectivity index (χ4n) is 2.52. The summed E-state index contributed by atoms with van der Waals surface area (Å²) in [5.41, 5.74) is 7.07. The van der Waals surface area contributed by atoms with Gasteiger partial charge in [-0.3, -0.25) is 5.01 Å². The highest BCUT2D eigenvalue weighted by Crippen LogP contribution is 2.35. The van der Waals surface area contributed by atoms with E-state index in [9.17, 15) is 8.78 Å². The molecular weight excluding hydrogens is 342 g/mol. The van der Waals surface area contributed by atoms with Gasteiger partial charge in [0, 0.05) is 42.9 Å². The zero-order chi connectivity index (χ0) is 18.5. The van der Waals surface area contributed by atoms with Crippen molar-refractivity contribution in [2.24, 2.45) is 11.6 Å². The van der Waals surface area contributed by atoms with Crippen molar-refractivity contribution in [2.45, 2.75) is 12.8 Å². The lowest BCUT2D eigenvalue weighted by molar-refractivity contribution is 0.151. The van der Waals surface area contributed by atoms with E-state index in [0.717, 1.165) is 19.5 Å². The van der Waals surface area contributed by atoms with Crippen LogP contribution in [0.2, 0.25) is 0 Å². The van der Waals surface area contributed by atoms with E-state index < -0.39 is 6.43 Å². The summed E-state index contributed by atoms with van der Waals surface area (Å²) in [7, 11) is 0. The molecule has 1 saturated heterocycles. The molecule has 2 heterocycles. The molecule has 4 N–H and O–H groups in total. The molecule has 0 saturated carbocycles. The Bertz CT molecular complexity index is 767. The maximum atomic E-state index is 13.4. The Morgan fingerprint density at radius 2 is 2.04 bits per heavy atom. The molecule has 1 aromatic carbocycles. The summed E-state index contributed by atoms with van der Waals surface area (Å²) in [5.74, 6) is 5.94. The van der Waals surface area contributed by atoms with E-state index in [2.05, 4.69) is 9.97 Å². The van der Waals surface area contributed by atoms with Crippen LogP contribution in [0.15, 0.2) is 48.6 Å². The molecule has 0 spiro atoms. The van der Waals surface area contributed by atoms with Crippen molar-refractivity contribution in [2.75, 3.05) is 29.6 Å². The van der Waals surface area contributed by atoms with Gasteiger partial charge in [0.2, 0.25) is 0 Å². The number of anilines is 2. The highest BCUT2D eigenvalue weighted by Gasteiger charge is 2.22. The fraction of sp³-hybridized carbons (Fsp3) is 0.294. The Morgan fingerprint density at radius 3 is 2.65 bits per heavy atom. The van der Waals surface area contributed by atoms with Crippen molar-refractivity contribution in [3.63, 3.8) is 0 Å². The molecule has 138 valence electrons. The number of halogens is 2. The molecule has 7 nitrogen and oxygen atoms in total. The second-order valence-corrected chi connectivity index (χ2v) is 5.82. The Kier molecular flexibility index (Phi) is 5.47. The standard InChI is InChI=1S/C17H20F2N6O/c18-16(19)14-9-13(3-4-15(14)24-7-2-8-24)25(21)10-12(20)11-26-17-22-5-1-6-23-17/h1,3-6,9-10,16H,2,7-8,11,20-21H2/b12-10-. The van der Waals surface area contributed by atoms with Crippen molar-refractivity contribution in [3.8, 4) is 6.01 Å². The average Bonchev–Trinajstić information content (AvgIpc) is 2.59. The van der Waals surface area contributed by atoms with Gasteiger partial charge in [-0.1, -0.05) is 0 Å². The fourth-order valence-corrected chi connectivity index (χ4v) is 2.52. The van der Waals surface area contributed by atoms with Gasteiger partial charge in [-0.15, -0.1) is 0 Å². The largest absolute Gasteiger partial charge is 0.457 e. The number of hydrazine groups is 1. The first-order valence-corrected chi connectivity index (χ1v) is 8.11. The second-order valence-electron chi connectivity index (χ2n) is 5.82. The van der Waals surface area contributed by atoms with E-state index in [0.29, 0.717) is 17.1 Å². The molecule has 26 heavy (non-hydrogen) atoms. The van der Waals surface area contributed by atoms with Crippen LogP contribution in [0.1, 0.15) is 18.4 Å². The van der Waals surface area contributed by atoms with Gasteiger partial charge in [0.1, 0.15) is 6.61 Å². The first-order chi connectivity index (χ1) is 12.5. The lowest BCUT2D eigenvalue weighted by Crippen LogP contribution is -2.37. The van der Waals surface area contributed by atoms with Gasteiger partial charge in [-0.2, -0.15) is 0 Å². The van der Waals surface area contributed by atoms with Crippen molar-refractivity contribution in [3.05, 3.63) is 54.1 Å². The molecule has 0 bridgehead atoms. The van der Waals surface area contributed by atoms with Gasteiger partial charge in [0.05, 0.1) is 11.4 Å². The molecular formula is C17H20F2N6O. The summed E-state index contributed by atoms with van der Waals surface area (Å²) in [6.07, 6.45) is 2.93. The zero-order valence-electron chi connectivity index (χ0n) is 14.1. The predicted octanol–water partition coefficient (Wildman–Crippen LogP) is 2.18. The van der Waals surface area contributed by atoms with Crippen LogP contribution in [0, 0.1) is 0 Å². The summed E-state index contributed by atoms with van der Waals surface area (Å²) >= 11 is 0. The molecule has 1 fully saturated rings. The Balaban J connectivity index is 1.70. The molecule has 9 heteroatoms. The lowest BCUT2D eigenvalue weighted by Gasteiger charge is -2.35. The van der Waals surface area contributed by atoms with Gasteiger partial charge >= 0.3 is 6.01 Å². The molecule has 0 atom stereocenters. The monoisotopic (exact) mass is 362 g/mol. The topological polar surface area (TPSA) is 93.5 Å². The Labute approximate surface area is 149 Å². The van der Waals surface area contributed by atoms with Crippen LogP contribution in [-0.2, 0) is 0 Å². The lowest BCUT2D eigenvalue weighted by atomic mass is 10.1. The van der Waals surface area contributed by atoms with Crippen LogP contribution >= 0.6 is 0 Å². The summed E-state index contributed by atoms with van der Waals surface area (Å²) in [6, 6.07) is 6.58. The van der Waals surface area contributed by atoms with E-state index in [1.54, 1.807) is 30.6 Å². The molecule has 1 aromatic heterocycles. The molecule has 2 aromatic rings. The van der Waals surface area contributed by atoms with Crippen molar-refractivity contribution < 1.29 is 13.5 Å². The number of hydrogen-bond acceptors (Lipinski definition) is 7. The molecule has 0 radical (unpaired) electrons. The van der Waals surface area contributed by atoms with E-state index in [4.69, 9.17) is 16.3 Å². The van der Waals surface area contributed by atoms with Gasteiger partial charge in [-0.25, -0.2) is 24.6 Å². The number of benzene rings is 1. The number of ether oxygens (including phenoxy) is 1. The maximum Gasteiger partial charge on any atom is 0.316 e.